The average molecular weight is 411 g/mol. The predicted octanol–water partition coefficient (Wildman–Crippen LogP) is -0.172. The third-order valence-corrected chi connectivity index (χ3v) is 7.61. The number of benzene rings is 1. The number of rotatable bonds is 4. The van der Waals surface area contributed by atoms with E-state index in [0.29, 0.717) is 37.6 Å². The van der Waals surface area contributed by atoms with Crippen LogP contribution in [-0.2, 0) is 19.6 Å². The summed E-state index contributed by atoms with van der Waals surface area (Å²) in [6.07, 6.45) is 0.317. The lowest BCUT2D eigenvalue weighted by atomic mass is 10.2. The van der Waals surface area contributed by atoms with Crippen molar-refractivity contribution in [3.63, 3.8) is 0 Å². The number of carbonyl (C=O) groups is 1. The number of amides is 1. The van der Waals surface area contributed by atoms with E-state index < -0.39 is 10.0 Å². The number of sulfonamides is 1. The van der Waals surface area contributed by atoms with Crippen LogP contribution >= 0.6 is 0 Å². The van der Waals surface area contributed by atoms with Gasteiger partial charge in [0.15, 0.2) is 6.54 Å². The van der Waals surface area contributed by atoms with Gasteiger partial charge in [-0.25, -0.2) is 8.42 Å². The van der Waals surface area contributed by atoms with Crippen molar-refractivity contribution in [2.45, 2.75) is 44.8 Å². The van der Waals surface area contributed by atoms with Crippen LogP contribution in [-0.4, -0.2) is 81.6 Å². The molecule has 28 heavy (non-hydrogen) atoms. The Bertz CT molecular complexity index is 809. The maximum atomic E-state index is 13.0. The summed E-state index contributed by atoms with van der Waals surface area (Å²) in [7, 11) is -3.53. The van der Waals surface area contributed by atoms with Gasteiger partial charge >= 0.3 is 0 Å². The molecule has 7 nitrogen and oxygen atoms in total. The molecule has 2 aliphatic rings. The van der Waals surface area contributed by atoms with Gasteiger partial charge in [0.05, 0.1) is 4.90 Å². The molecular weight excluding hydrogens is 378 g/mol. The maximum absolute atomic E-state index is 13.0. The number of carbonyl (C=O) groups excluding carboxylic acids is 1. The molecule has 0 bridgehead atoms. The minimum atomic E-state index is -3.53. The van der Waals surface area contributed by atoms with Crippen LogP contribution in [0.15, 0.2) is 23.1 Å². The summed E-state index contributed by atoms with van der Waals surface area (Å²) in [6, 6.07) is 5.49. The summed E-state index contributed by atoms with van der Waals surface area (Å²) < 4.78 is 33.3. The molecule has 0 aromatic heterocycles. The minimum Gasteiger partial charge on any atom is -0.364 e. The lowest BCUT2D eigenvalue weighted by Gasteiger charge is -2.36. The highest BCUT2D eigenvalue weighted by molar-refractivity contribution is 7.89. The molecular formula is C20H32N3O4S+. The van der Waals surface area contributed by atoms with Gasteiger partial charge < -0.3 is 14.5 Å². The molecule has 0 radical (unpaired) electrons. The number of nitrogens with one attached hydrogen (secondary N) is 1. The van der Waals surface area contributed by atoms with Gasteiger partial charge in [-0.05, 0) is 44.9 Å². The molecule has 1 N–H and O–H groups in total. The first kappa shape index (κ1) is 21.2. The number of quaternary nitrogens is 1. The van der Waals surface area contributed by atoms with Gasteiger partial charge in [0, 0.05) is 26.2 Å². The van der Waals surface area contributed by atoms with Crippen molar-refractivity contribution >= 4 is 15.9 Å². The van der Waals surface area contributed by atoms with E-state index in [1.165, 1.54) is 9.21 Å². The number of hydrogen-bond acceptors (Lipinski definition) is 4. The summed E-state index contributed by atoms with van der Waals surface area (Å²) in [6.45, 7) is 11.5. The van der Waals surface area contributed by atoms with E-state index in [9.17, 15) is 13.2 Å². The Morgan fingerprint density at radius 3 is 2.32 bits per heavy atom. The summed E-state index contributed by atoms with van der Waals surface area (Å²) in [5.41, 5.74) is 1.68. The van der Waals surface area contributed by atoms with Crippen LogP contribution in [0.5, 0.6) is 0 Å². The standard InChI is InChI=1S/C20H31N3O4S/c1-15-5-6-16(2)19(11-15)28(25,26)23-9-7-22(8-10-23)20(24)14-21-12-17(3)27-18(4)13-21/h5-6,11,17-18H,7-10,12-14H2,1-4H3/p+1/t17-,18+. The van der Waals surface area contributed by atoms with Crippen molar-refractivity contribution in [1.29, 1.82) is 0 Å². The quantitative estimate of drug-likeness (QED) is 0.748. The van der Waals surface area contributed by atoms with E-state index in [0.717, 1.165) is 24.2 Å². The number of morpholine rings is 1. The highest BCUT2D eigenvalue weighted by atomic mass is 32.2. The third-order valence-electron chi connectivity index (χ3n) is 5.57. The van der Waals surface area contributed by atoms with Crippen LogP contribution in [0.1, 0.15) is 25.0 Å². The molecule has 0 saturated carbocycles. The second-order valence-corrected chi connectivity index (χ2v) is 10.1. The molecule has 8 heteroatoms. The van der Waals surface area contributed by atoms with Gasteiger partial charge in [-0.3, -0.25) is 4.79 Å². The second-order valence-electron chi connectivity index (χ2n) is 8.15. The molecule has 1 unspecified atom stereocenters. The Balaban J connectivity index is 1.59. The van der Waals surface area contributed by atoms with Gasteiger partial charge in [-0.1, -0.05) is 12.1 Å². The van der Waals surface area contributed by atoms with Crippen molar-refractivity contribution in [3.8, 4) is 0 Å². The largest absolute Gasteiger partial charge is 0.364 e. The third kappa shape index (κ3) is 4.74. The molecule has 1 amide bonds. The Labute approximate surface area is 168 Å². The van der Waals surface area contributed by atoms with E-state index >= 15 is 0 Å². The van der Waals surface area contributed by atoms with Crippen LogP contribution in [0.4, 0.5) is 0 Å². The van der Waals surface area contributed by atoms with Gasteiger partial charge in [-0.2, -0.15) is 4.31 Å². The van der Waals surface area contributed by atoms with Crippen LogP contribution < -0.4 is 4.90 Å². The fourth-order valence-electron chi connectivity index (χ4n) is 4.16. The zero-order valence-electron chi connectivity index (χ0n) is 17.3. The smallest absolute Gasteiger partial charge is 0.277 e. The van der Waals surface area contributed by atoms with Gasteiger partial charge in [0.25, 0.3) is 5.91 Å². The zero-order valence-corrected chi connectivity index (χ0v) is 18.1. The van der Waals surface area contributed by atoms with Crippen molar-refractivity contribution in [3.05, 3.63) is 29.3 Å². The molecule has 0 spiro atoms. The normalized spacial score (nSPS) is 27.0. The summed E-state index contributed by atoms with van der Waals surface area (Å²) >= 11 is 0. The van der Waals surface area contributed by atoms with Crippen molar-refractivity contribution in [2.24, 2.45) is 0 Å². The van der Waals surface area contributed by atoms with E-state index in [2.05, 4.69) is 0 Å². The van der Waals surface area contributed by atoms with E-state index in [1.807, 2.05) is 39.8 Å². The molecule has 1 aromatic rings. The second kappa shape index (κ2) is 8.49. The number of aryl methyl sites for hydroxylation is 2. The van der Waals surface area contributed by atoms with E-state index in [-0.39, 0.29) is 18.1 Å². The van der Waals surface area contributed by atoms with Crippen LogP contribution in [0.3, 0.4) is 0 Å². The van der Waals surface area contributed by atoms with Crippen LogP contribution in [0.25, 0.3) is 0 Å². The first-order valence-electron chi connectivity index (χ1n) is 10.0. The first-order valence-corrected chi connectivity index (χ1v) is 11.4. The van der Waals surface area contributed by atoms with Crippen molar-refractivity contribution < 1.29 is 22.8 Å². The fraction of sp³-hybridized carbons (Fsp3) is 0.650. The Kier molecular flexibility index (Phi) is 6.44. The first-order chi connectivity index (χ1) is 13.2. The van der Waals surface area contributed by atoms with E-state index in [1.54, 1.807) is 11.0 Å². The predicted molar refractivity (Wildman–Crippen MR) is 107 cm³/mol. The number of hydrogen-bond donors (Lipinski definition) is 1. The Morgan fingerprint density at radius 2 is 1.71 bits per heavy atom. The van der Waals surface area contributed by atoms with Gasteiger partial charge in [0.2, 0.25) is 10.0 Å². The zero-order chi connectivity index (χ0) is 20.5. The van der Waals surface area contributed by atoms with Crippen molar-refractivity contribution in [2.75, 3.05) is 45.8 Å². The molecule has 156 valence electrons. The fourth-order valence-corrected chi connectivity index (χ4v) is 5.89. The summed E-state index contributed by atoms with van der Waals surface area (Å²) in [5.74, 6) is 0.0973. The molecule has 3 rings (SSSR count). The molecule has 2 saturated heterocycles. The molecule has 2 heterocycles. The lowest BCUT2D eigenvalue weighted by Crippen LogP contribution is -3.16. The molecule has 2 fully saturated rings. The average Bonchev–Trinajstić information content (AvgIpc) is 2.63. The summed E-state index contributed by atoms with van der Waals surface area (Å²) in [5, 5.41) is 0. The topological polar surface area (TPSA) is 71.4 Å². The number of nitrogens with zero attached hydrogens (tertiary/aromatic N) is 2. The SMILES string of the molecule is Cc1ccc(C)c(S(=O)(=O)N2CCN(C(=O)C[NH+]3C[C@@H](C)O[C@@H](C)C3)CC2)c1. The van der Waals surface area contributed by atoms with Crippen molar-refractivity contribution in [1.82, 2.24) is 9.21 Å². The van der Waals surface area contributed by atoms with Crippen LogP contribution in [0, 0.1) is 13.8 Å². The van der Waals surface area contributed by atoms with Crippen LogP contribution in [0.2, 0.25) is 0 Å². The Morgan fingerprint density at radius 1 is 1.11 bits per heavy atom. The number of ether oxygens (including phenoxy) is 1. The van der Waals surface area contributed by atoms with E-state index in [4.69, 9.17) is 4.74 Å². The molecule has 0 aliphatic carbocycles. The lowest BCUT2D eigenvalue weighted by molar-refractivity contribution is -0.907. The van der Waals surface area contributed by atoms with Gasteiger partial charge in [-0.15, -0.1) is 0 Å². The van der Waals surface area contributed by atoms with Gasteiger partial charge in [0.1, 0.15) is 25.3 Å². The summed E-state index contributed by atoms with van der Waals surface area (Å²) in [4.78, 5) is 16.1. The highest BCUT2D eigenvalue weighted by Crippen LogP contribution is 2.22. The highest BCUT2D eigenvalue weighted by Gasteiger charge is 2.33. The Hall–Kier alpha value is -1.48. The minimum absolute atomic E-state index is 0.0973. The molecule has 1 aromatic carbocycles. The maximum Gasteiger partial charge on any atom is 0.277 e. The molecule has 2 aliphatic heterocycles. The number of piperazine rings is 1. The monoisotopic (exact) mass is 410 g/mol. The molecule has 3 atom stereocenters.